The lowest BCUT2D eigenvalue weighted by atomic mass is 9.98. The Balaban J connectivity index is 2.76. The van der Waals surface area contributed by atoms with Crippen LogP contribution in [0.3, 0.4) is 0 Å². The Labute approximate surface area is 113 Å². The van der Waals surface area contributed by atoms with Crippen molar-refractivity contribution in [2.75, 3.05) is 5.32 Å². The second kappa shape index (κ2) is 6.78. The summed E-state index contributed by atoms with van der Waals surface area (Å²) >= 11 is 0. The van der Waals surface area contributed by atoms with E-state index in [-0.39, 0.29) is 11.8 Å². The van der Waals surface area contributed by atoms with E-state index in [1.54, 1.807) is 0 Å². The topological polar surface area (TPSA) is 84.2 Å². The van der Waals surface area contributed by atoms with Crippen LogP contribution in [0.4, 0.5) is 10.5 Å². The Morgan fingerprint density at radius 2 is 1.84 bits per heavy atom. The van der Waals surface area contributed by atoms with Crippen LogP contribution in [0.25, 0.3) is 0 Å². The average molecular weight is 263 g/mol. The summed E-state index contributed by atoms with van der Waals surface area (Å²) in [5.41, 5.74) is 6.93. The van der Waals surface area contributed by atoms with Crippen molar-refractivity contribution in [3.63, 3.8) is 0 Å². The highest BCUT2D eigenvalue weighted by molar-refractivity contribution is 5.97. The fraction of sp³-hybridized carbons (Fsp3) is 0.429. The maximum Gasteiger partial charge on any atom is 0.312 e. The van der Waals surface area contributed by atoms with Crippen molar-refractivity contribution in [2.45, 2.75) is 33.2 Å². The van der Waals surface area contributed by atoms with Gasteiger partial charge in [0.1, 0.15) is 6.04 Å². The second-order valence-corrected chi connectivity index (χ2v) is 4.73. The van der Waals surface area contributed by atoms with Gasteiger partial charge in [-0.05, 0) is 25.0 Å². The highest BCUT2D eigenvalue weighted by Gasteiger charge is 2.25. The van der Waals surface area contributed by atoms with Crippen LogP contribution < -0.4 is 16.4 Å². The molecule has 2 atom stereocenters. The Hall–Kier alpha value is -2.04. The first-order valence-electron chi connectivity index (χ1n) is 6.37. The lowest BCUT2D eigenvalue weighted by Gasteiger charge is -2.22. The zero-order chi connectivity index (χ0) is 14.4. The van der Waals surface area contributed by atoms with Crippen LogP contribution in [0.1, 0.15) is 25.8 Å². The predicted octanol–water partition coefficient (Wildman–Crippen LogP) is 2.02. The molecule has 0 saturated heterocycles. The van der Waals surface area contributed by atoms with Crippen LogP contribution in [0.2, 0.25) is 0 Å². The molecule has 0 fully saturated rings. The smallest absolute Gasteiger partial charge is 0.312 e. The largest absolute Gasteiger partial charge is 0.352 e. The van der Waals surface area contributed by atoms with E-state index in [1.165, 1.54) is 0 Å². The van der Waals surface area contributed by atoms with Gasteiger partial charge in [0.25, 0.3) is 0 Å². The van der Waals surface area contributed by atoms with E-state index >= 15 is 0 Å². The molecule has 0 heterocycles. The van der Waals surface area contributed by atoms with Gasteiger partial charge in [-0.3, -0.25) is 4.79 Å². The van der Waals surface area contributed by atoms with Gasteiger partial charge in [-0.15, -0.1) is 0 Å². The molecule has 0 aliphatic heterocycles. The maximum absolute atomic E-state index is 12.2. The number of nitrogens with one attached hydrogen (secondary N) is 2. The summed E-state index contributed by atoms with van der Waals surface area (Å²) in [6.07, 6.45) is 0.770. The number of rotatable bonds is 5. The van der Waals surface area contributed by atoms with Crippen molar-refractivity contribution in [1.82, 2.24) is 5.32 Å². The van der Waals surface area contributed by atoms with Gasteiger partial charge < -0.3 is 16.4 Å². The first kappa shape index (κ1) is 15.0. The fourth-order valence-electron chi connectivity index (χ4n) is 1.71. The number of benzene rings is 1. The number of aryl methyl sites for hydroxylation is 1. The summed E-state index contributed by atoms with van der Waals surface area (Å²) in [5, 5.41) is 5.27. The summed E-state index contributed by atoms with van der Waals surface area (Å²) in [7, 11) is 0. The Morgan fingerprint density at radius 1 is 1.26 bits per heavy atom. The molecule has 1 aromatic carbocycles. The molecule has 0 aliphatic carbocycles. The highest BCUT2D eigenvalue weighted by atomic mass is 16.2. The molecule has 4 N–H and O–H groups in total. The molecule has 3 amide bonds. The first-order chi connectivity index (χ1) is 8.93. The van der Waals surface area contributed by atoms with E-state index in [0.29, 0.717) is 5.69 Å². The third kappa shape index (κ3) is 4.62. The molecule has 0 aliphatic rings. The SMILES string of the molecule is CC[C@H](C)[C@H](NC(N)=O)C(=O)Nc1ccc(C)cc1. The number of amides is 3. The van der Waals surface area contributed by atoms with Crippen LogP contribution in [0.15, 0.2) is 24.3 Å². The molecule has 19 heavy (non-hydrogen) atoms. The highest BCUT2D eigenvalue weighted by Crippen LogP contribution is 2.13. The summed E-state index contributed by atoms with van der Waals surface area (Å²) < 4.78 is 0. The van der Waals surface area contributed by atoms with Gasteiger partial charge in [0.2, 0.25) is 5.91 Å². The third-order valence-electron chi connectivity index (χ3n) is 3.11. The third-order valence-corrected chi connectivity index (χ3v) is 3.11. The van der Waals surface area contributed by atoms with Gasteiger partial charge >= 0.3 is 6.03 Å². The van der Waals surface area contributed by atoms with Gasteiger partial charge in [-0.1, -0.05) is 38.0 Å². The van der Waals surface area contributed by atoms with Crippen molar-refractivity contribution < 1.29 is 9.59 Å². The number of hydrogen-bond donors (Lipinski definition) is 3. The minimum absolute atomic E-state index is 0.0120. The summed E-state index contributed by atoms with van der Waals surface area (Å²) in [6, 6.07) is 6.16. The number of nitrogens with two attached hydrogens (primary N) is 1. The van der Waals surface area contributed by atoms with Crippen molar-refractivity contribution in [1.29, 1.82) is 0 Å². The van der Waals surface area contributed by atoms with E-state index in [2.05, 4.69) is 10.6 Å². The van der Waals surface area contributed by atoms with Crippen LogP contribution in [-0.4, -0.2) is 18.0 Å². The zero-order valence-corrected chi connectivity index (χ0v) is 11.6. The number of hydrogen-bond acceptors (Lipinski definition) is 2. The summed E-state index contributed by atoms with van der Waals surface area (Å²) in [4.78, 5) is 23.1. The molecule has 0 spiro atoms. The number of anilines is 1. The summed E-state index contributed by atoms with van der Waals surface area (Å²) in [5.74, 6) is -0.241. The van der Waals surface area contributed by atoms with Gasteiger partial charge in [0.15, 0.2) is 0 Å². The maximum atomic E-state index is 12.2. The van der Waals surface area contributed by atoms with Crippen LogP contribution in [0, 0.1) is 12.8 Å². The number of carbonyl (C=O) groups excluding carboxylic acids is 2. The predicted molar refractivity (Wildman–Crippen MR) is 75.8 cm³/mol. The van der Waals surface area contributed by atoms with Gasteiger partial charge in [0, 0.05) is 5.69 Å². The average Bonchev–Trinajstić information content (AvgIpc) is 2.37. The van der Waals surface area contributed by atoms with Crippen LogP contribution in [-0.2, 0) is 4.79 Å². The van der Waals surface area contributed by atoms with Crippen molar-refractivity contribution in [3.8, 4) is 0 Å². The van der Waals surface area contributed by atoms with Gasteiger partial charge in [-0.25, -0.2) is 4.79 Å². The molecular weight excluding hydrogens is 242 g/mol. The fourth-order valence-corrected chi connectivity index (χ4v) is 1.71. The molecule has 0 unspecified atom stereocenters. The Kier molecular flexibility index (Phi) is 5.36. The van der Waals surface area contributed by atoms with Crippen LogP contribution in [0.5, 0.6) is 0 Å². The second-order valence-electron chi connectivity index (χ2n) is 4.73. The number of carbonyl (C=O) groups is 2. The minimum Gasteiger partial charge on any atom is -0.352 e. The molecule has 0 aromatic heterocycles. The number of primary amides is 1. The first-order valence-corrected chi connectivity index (χ1v) is 6.37. The molecule has 5 nitrogen and oxygen atoms in total. The normalized spacial score (nSPS) is 13.4. The molecular formula is C14H21N3O2. The van der Waals surface area contributed by atoms with Gasteiger partial charge in [0.05, 0.1) is 0 Å². The minimum atomic E-state index is -0.690. The van der Waals surface area contributed by atoms with Crippen molar-refractivity contribution in [3.05, 3.63) is 29.8 Å². The van der Waals surface area contributed by atoms with Crippen LogP contribution >= 0.6 is 0 Å². The monoisotopic (exact) mass is 263 g/mol. The van der Waals surface area contributed by atoms with E-state index in [0.717, 1.165) is 12.0 Å². The van der Waals surface area contributed by atoms with Gasteiger partial charge in [-0.2, -0.15) is 0 Å². The van der Waals surface area contributed by atoms with E-state index in [1.807, 2.05) is 45.0 Å². The Morgan fingerprint density at radius 3 is 2.32 bits per heavy atom. The zero-order valence-electron chi connectivity index (χ0n) is 11.6. The number of urea groups is 1. The van der Waals surface area contributed by atoms with Crippen molar-refractivity contribution >= 4 is 17.6 Å². The molecule has 1 rings (SSSR count). The lowest BCUT2D eigenvalue weighted by molar-refractivity contribution is -0.119. The molecule has 104 valence electrons. The van der Waals surface area contributed by atoms with E-state index in [4.69, 9.17) is 5.73 Å². The lowest BCUT2D eigenvalue weighted by Crippen LogP contribution is -2.49. The molecule has 1 aromatic rings. The van der Waals surface area contributed by atoms with E-state index < -0.39 is 12.1 Å². The molecule has 0 bridgehead atoms. The molecule has 0 saturated carbocycles. The summed E-state index contributed by atoms with van der Waals surface area (Å²) in [6.45, 7) is 5.83. The standard InChI is InChI=1S/C14H21N3O2/c1-4-10(3)12(17-14(15)19)13(18)16-11-7-5-9(2)6-8-11/h5-8,10,12H,4H2,1-3H3,(H,16,18)(H3,15,17,19)/t10-,12-/m0/s1. The Bertz CT molecular complexity index is 443. The molecule has 5 heteroatoms. The quantitative estimate of drug-likeness (QED) is 0.759. The molecule has 0 radical (unpaired) electrons. The van der Waals surface area contributed by atoms with Crippen molar-refractivity contribution in [2.24, 2.45) is 11.7 Å². The van der Waals surface area contributed by atoms with E-state index in [9.17, 15) is 9.59 Å².